The van der Waals surface area contributed by atoms with Crippen molar-refractivity contribution in [2.75, 3.05) is 0 Å². The molecule has 1 nitrogen and oxygen atoms in total. The maximum atomic E-state index is 6.89. The van der Waals surface area contributed by atoms with Crippen LogP contribution in [-0.4, -0.2) is 6.21 Å². The molecule has 0 aromatic rings. The summed E-state index contributed by atoms with van der Waals surface area (Å²) < 4.78 is 0. The van der Waals surface area contributed by atoms with Crippen LogP contribution >= 0.6 is 0 Å². The molecule has 0 aliphatic heterocycles. The van der Waals surface area contributed by atoms with E-state index >= 15 is 0 Å². The summed E-state index contributed by atoms with van der Waals surface area (Å²) >= 11 is 0. The first-order valence-electron chi connectivity index (χ1n) is 3.89. The number of nitrogens with one attached hydrogen (secondary N) is 1. The molecule has 0 radical (unpaired) electrons. The first-order valence-corrected chi connectivity index (χ1v) is 3.89. The Balaban J connectivity index is 3.58. The normalized spacial score (nSPS) is 12.6. The Labute approximate surface area is 63.7 Å². The molecule has 0 saturated heterocycles. The molecule has 0 amide bonds. The molecule has 0 aliphatic carbocycles. The lowest BCUT2D eigenvalue weighted by Crippen LogP contribution is -1.98. The number of hydrogen-bond donors (Lipinski definition) is 1. The lowest BCUT2D eigenvalue weighted by atomic mass is 9.96. The summed E-state index contributed by atoms with van der Waals surface area (Å²) in [6, 6.07) is 0. The van der Waals surface area contributed by atoms with E-state index in [-0.39, 0.29) is 0 Å². The smallest absolute Gasteiger partial charge is 0.00419 e. The van der Waals surface area contributed by atoms with E-state index < -0.39 is 0 Å². The predicted molar refractivity (Wildman–Crippen MR) is 46.6 cm³/mol. The van der Waals surface area contributed by atoms with E-state index in [0.29, 0.717) is 5.92 Å². The van der Waals surface area contributed by atoms with Crippen LogP contribution in [0.15, 0.2) is 12.2 Å². The third-order valence-corrected chi connectivity index (χ3v) is 1.74. The Kier molecular flexibility index (Phi) is 4.91. The van der Waals surface area contributed by atoms with Gasteiger partial charge in [-0.05, 0) is 25.0 Å². The van der Waals surface area contributed by atoms with E-state index in [0.717, 1.165) is 12.8 Å². The van der Waals surface area contributed by atoms with Crippen molar-refractivity contribution in [2.24, 2.45) is 5.92 Å². The molecule has 0 fully saturated rings. The van der Waals surface area contributed by atoms with Crippen molar-refractivity contribution in [1.29, 1.82) is 5.41 Å². The Morgan fingerprint density at radius 2 is 2.30 bits per heavy atom. The molecule has 0 aromatic carbocycles. The Morgan fingerprint density at radius 1 is 1.70 bits per heavy atom. The molecule has 0 saturated carbocycles. The summed E-state index contributed by atoms with van der Waals surface area (Å²) in [6.45, 7) is 8.24. The number of allylic oxidation sites excluding steroid dienone is 1. The van der Waals surface area contributed by atoms with Crippen molar-refractivity contribution < 1.29 is 0 Å². The minimum Gasteiger partial charge on any atom is -0.313 e. The van der Waals surface area contributed by atoms with E-state index in [9.17, 15) is 0 Å². The van der Waals surface area contributed by atoms with Gasteiger partial charge in [0.25, 0.3) is 0 Å². The van der Waals surface area contributed by atoms with Gasteiger partial charge in [0.1, 0.15) is 0 Å². The standard InChI is InChI=1S/C9H17N/c1-4-5-8(2)9(3)6-7-10/h7,9-10H,2,4-6H2,1,3H3. The molecule has 1 N–H and O–H groups in total. The van der Waals surface area contributed by atoms with Crippen LogP contribution in [0.3, 0.4) is 0 Å². The van der Waals surface area contributed by atoms with Crippen LogP contribution < -0.4 is 0 Å². The fraction of sp³-hybridized carbons (Fsp3) is 0.667. The Hall–Kier alpha value is -0.590. The summed E-state index contributed by atoms with van der Waals surface area (Å²) in [6.07, 6.45) is 4.58. The van der Waals surface area contributed by atoms with Gasteiger partial charge < -0.3 is 5.41 Å². The van der Waals surface area contributed by atoms with Crippen LogP contribution in [0.1, 0.15) is 33.1 Å². The molecule has 1 atom stereocenters. The van der Waals surface area contributed by atoms with E-state index in [1.165, 1.54) is 18.2 Å². The second-order valence-corrected chi connectivity index (χ2v) is 2.75. The van der Waals surface area contributed by atoms with Gasteiger partial charge in [0.05, 0.1) is 0 Å². The minimum atomic E-state index is 0.498. The van der Waals surface area contributed by atoms with Crippen LogP contribution in [0.25, 0.3) is 0 Å². The molecule has 0 aromatic heterocycles. The largest absolute Gasteiger partial charge is 0.313 e. The average Bonchev–Trinajstić information content (AvgIpc) is 1.89. The topological polar surface area (TPSA) is 23.9 Å². The van der Waals surface area contributed by atoms with Crippen LogP contribution in [0, 0.1) is 11.3 Å². The molecule has 58 valence electrons. The van der Waals surface area contributed by atoms with Crippen LogP contribution in [0.5, 0.6) is 0 Å². The van der Waals surface area contributed by atoms with Gasteiger partial charge in [-0.25, -0.2) is 0 Å². The van der Waals surface area contributed by atoms with E-state index in [1.54, 1.807) is 0 Å². The summed E-state index contributed by atoms with van der Waals surface area (Å²) in [5.74, 6) is 0.498. The molecule has 0 bridgehead atoms. The zero-order chi connectivity index (χ0) is 7.98. The lowest BCUT2D eigenvalue weighted by Gasteiger charge is -2.10. The fourth-order valence-electron chi connectivity index (χ4n) is 0.911. The Bertz CT molecular complexity index is 116. The van der Waals surface area contributed by atoms with Gasteiger partial charge in [0, 0.05) is 0 Å². The highest BCUT2D eigenvalue weighted by atomic mass is 14.3. The van der Waals surface area contributed by atoms with Gasteiger partial charge in [0.15, 0.2) is 0 Å². The molecule has 0 spiro atoms. The first-order chi connectivity index (χ1) is 4.72. The second kappa shape index (κ2) is 5.21. The van der Waals surface area contributed by atoms with Crippen molar-refractivity contribution >= 4 is 6.21 Å². The highest BCUT2D eigenvalue weighted by molar-refractivity contribution is 5.53. The van der Waals surface area contributed by atoms with Gasteiger partial charge in [-0.3, -0.25) is 0 Å². The van der Waals surface area contributed by atoms with E-state index in [4.69, 9.17) is 5.41 Å². The molecule has 1 heteroatoms. The van der Waals surface area contributed by atoms with E-state index in [1.807, 2.05) is 0 Å². The minimum absolute atomic E-state index is 0.498. The first kappa shape index (κ1) is 9.41. The summed E-state index contributed by atoms with van der Waals surface area (Å²) in [4.78, 5) is 0. The molecule has 10 heavy (non-hydrogen) atoms. The van der Waals surface area contributed by atoms with Gasteiger partial charge >= 0.3 is 0 Å². The summed E-state index contributed by atoms with van der Waals surface area (Å²) in [5, 5.41) is 6.89. The summed E-state index contributed by atoms with van der Waals surface area (Å²) in [7, 11) is 0. The van der Waals surface area contributed by atoms with Crippen LogP contribution in [-0.2, 0) is 0 Å². The van der Waals surface area contributed by atoms with E-state index in [2.05, 4.69) is 20.4 Å². The maximum Gasteiger partial charge on any atom is -0.00419 e. The third-order valence-electron chi connectivity index (χ3n) is 1.74. The van der Waals surface area contributed by atoms with Crippen molar-refractivity contribution in [1.82, 2.24) is 0 Å². The highest BCUT2D eigenvalue weighted by Gasteiger charge is 2.02. The number of rotatable bonds is 5. The fourth-order valence-corrected chi connectivity index (χ4v) is 0.911. The van der Waals surface area contributed by atoms with Gasteiger partial charge in [-0.15, -0.1) is 0 Å². The molecular weight excluding hydrogens is 122 g/mol. The molecule has 1 unspecified atom stereocenters. The van der Waals surface area contributed by atoms with Crippen LogP contribution in [0.2, 0.25) is 0 Å². The zero-order valence-electron chi connectivity index (χ0n) is 6.98. The third kappa shape index (κ3) is 3.44. The SMILES string of the molecule is C=C(CCC)C(C)CC=N. The van der Waals surface area contributed by atoms with Crippen molar-refractivity contribution in [3.8, 4) is 0 Å². The van der Waals surface area contributed by atoms with Gasteiger partial charge in [0.2, 0.25) is 0 Å². The molecule has 0 rings (SSSR count). The van der Waals surface area contributed by atoms with Crippen molar-refractivity contribution in [2.45, 2.75) is 33.1 Å². The monoisotopic (exact) mass is 139 g/mol. The molecular formula is C9H17N. The average molecular weight is 139 g/mol. The van der Waals surface area contributed by atoms with Gasteiger partial charge in [-0.2, -0.15) is 0 Å². The second-order valence-electron chi connectivity index (χ2n) is 2.75. The molecule has 0 aliphatic rings. The highest BCUT2D eigenvalue weighted by Crippen LogP contribution is 2.15. The lowest BCUT2D eigenvalue weighted by molar-refractivity contribution is 0.671. The predicted octanol–water partition coefficient (Wildman–Crippen LogP) is 3.02. The van der Waals surface area contributed by atoms with Crippen LogP contribution in [0.4, 0.5) is 0 Å². The number of hydrogen-bond acceptors (Lipinski definition) is 1. The maximum absolute atomic E-state index is 6.89. The van der Waals surface area contributed by atoms with Crippen molar-refractivity contribution in [3.05, 3.63) is 12.2 Å². The van der Waals surface area contributed by atoms with Crippen molar-refractivity contribution in [3.63, 3.8) is 0 Å². The Morgan fingerprint density at radius 3 is 2.70 bits per heavy atom. The summed E-state index contributed by atoms with van der Waals surface area (Å²) in [5.41, 5.74) is 1.28. The van der Waals surface area contributed by atoms with Gasteiger partial charge in [-0.1, -0.05) is 32.4 Å². The molecule has 0 heterocycles. The zero-order valence-corrected chi connectivity index (χ0v) is 6.98. The quantitative estimate of drug-likeness (QED) is 0.447.